The highest BCUT2D eigenvalue weighted by atomic mass is 16.3. The van der Waals surface area contributed by atoms with Crippen molar-refractivity contribution in [3.05, 3.63) is 0 Å². The van der Waals surface area contributed by atoms with Crippen LogP contribution in [0.3, 0.4) is 0 Å². The lowest BCUT2D eigenvalue weighted by Gasteiger charge is -2.32. The summed E-state index contributed by atoms with van der Waals surface area (Å²) in [6.45, 7) is 6.36. The highest BCUT2D eigenvalue weighted by Gasteiger charge is 2.25. The molecule has 4 nitrogen and oxygen atoms in total. The molecule has 1 fully saturated rings. The van der Waals surface area contributed by atoms with Crippen LogP contribution in [0.25, 0.3) is 0 Å². The summed E-state index contributed by atoms with van der Waals surface area (Å²) in [7, 11) is 0. The minimum absolute atomic E-state index is 0.0159. The third-order valence-electron chi connectivity index (χ3n) is 4.48. The van der Waals surface area contributed by atoms with Crippen LogP contribution in [0, 0.1) is 11.8 Å². The molecule has 0 bridgehead atoms. The van der Waals surface area contributed by atoms with Crippen LogP contribution in [0.5, 0.6) is 0 Å². The van der Waals surface area contributed by atoms with E-state index in [-0.39, 0.29) is 24.7 Å². The number of carbonyl (C=O) groups excluding carboxylic acids is 1. The molecular weight excluding hydrogens is 240 g/mol. The molecule has 0 heterocycles. The average molecular weight is 270 g/mol. The van der Waals surface area contributed by atoms with E-state index in [0.29, 0.717) is 12.3 Å². The van der Waals surface area contributed by atoms with E-state index in [1.807, 2.05) is 6.92 Å². The molecule has 0 aromatic rings. The first-order valence-corrected chi connectivity index (χ1v) is 7.72. The molecule has 0 spiro atoms. The van der Waals surface area contributed by atoms with Crippen molar-refractivity contribution in [2.45, 2.75) is 71.4 Å². The highest BCUT2D eigenvalue weighted by Crippen LogP contribution is 2.31. The fraction of sp³-hybridized carbons (Fsp3) is 0.933. The molecule has 0 saturated heterocycles. The van der Waals surface area contributed by atoms with Crippen molar-refractivity contribution in [1.82, 2.24) is 10.6 Å². The van der Waals surface area contributed by atoms with E-state index in [4.69, 9.17) is 5.11 Å². The number of carbonyl (C=O) groups is 1. The lowest BCUT2D eigenvalue weighted by molar-refractivity contribution is 0.202. The monoisotopic (exact) mass is 270 g/mol. The van der Waals surface area contributed by atoms with E-state index in [1.54, 1.807) is 0 Å². The van der Waals surface area contributed by atoms with Gasteiger partial charge in [0.15, 0.2) is 0 Å². The van der Waals surface area contributed by atoms with Crippen LogP contribution in [0.15, 0.2) is 0 Å². The van der Waals surface area contributed by atoms with Crippen LogP contribution in [0.4, 0.5) is 4.79 Å². The van der Waals surface area contributed by atoms with Crippen molar-refractivity contribution in [1.29, 1.82) is 0 Å². The molecule has 2 amide bonds. The van der Waals surface area contributed by atoms with Gasteiger partial charge in [-0.05, 0) is 32.1 Å². The van der Waals surface area contributed by atoms with Crippen LogP contribution < -0.4 is 10.6 Å². The summed E-state index contributed by atoms with van der Waals surface area (Å²) in [4.78, 5) is 11.8. The fourth-order valence-electron chi connectivity index (χ4n) is 2.94. The Morgan fingerprint density at radius 3 is 2.37 bits per heavy atom. The van der Waals surface area contributed by atoms with Gasteiger partial charge >= 0.3 is 6.03 Å². The zero-order valence-electron chi connectivity index (χ0n) is 12.6. The number of amides is 2. The maximum absolute atomic E-state index is 11.8. The molecule has 4 heteroatoms. The Labute approximate surface area is 117 Å². The number of rotatable bonds is 6. The lowest BCUT2D eigenvalue weighted by atomic mass is 9.78. The van der Waals surface area contributed by atoms with E-state index in [9.17, 15) is 4.79 Å². The van der Waals surface area contributed by atoms with Gasteiger partial charge in [0.05, 0.1) is 0 Å². The summed E-state index contributed by atoms with van der Waals surface area (Å²) in [6.07, 6.45) is 7.23. The number of hydrogen-bond acceptors (Lipinski definition) is 2. The average Bonchev–Trinajstić information content (AvgIpc) is 2.38. The molecule has 3 N–H and O–H groups in total. The summed E-state index contributed by atoms with van der Waals surface area (Å²) >= 11 is 0. The molecule has 1 aliphatic carbocycles. The van der Waals surface area contributed by atoms with Gasteiger partial charge in [0.25, 0.3) is 0 Å². The summed E-state index contributed by atoms with van der Waals surface area (Å²) in [6, 6.07) is 0.0997. The molecule has 3 atom stereocenters. The minimum Gasteiger partial charge on any atom is -0.396 e. The second-order valence-electron chi connectivity index (χ2n) is 6.08. The Bertz CT molecular complexity index is 265. The van der Waals surface area contributed by atoms with Gasteiger partial charge in [-0.3, -0.25) is 0 Å². The van der Waals surface area contributed by atoms with Gasteiger partial charge in [0, 0.05) is 18.7 Å². The highest BCUT2D eigenvalue weighted by molar-refractivity contribution is 5.74. The number of hydrogen-bond donors (Lipinski definition) is 3. The molecular formula is C15H30N2O2. The first-order valence-electron chi connectivity index (χ1n) is 7.72. The number of nitrogens with one attached hydrogen (secondary N) is 2. The van der Waals surface area contributed by atoms with Gasteiger partial charge in [-0.1, -0.05) is 39.0 Å². The normalized spacial score (nSPS) is 21.5. The van der Waals surface area contributed by atoms with Crippen molar-refractivity contribution >= 4 is 6.03 Å². The minimum atomic E-state index is -0.115. The predicted molar refractivity (Wildman–Crippen MR) is 78.0 cm³/mol. The summed E-state index contributed by atoms with van der Waals surface area (Å²) < 4.78 is 0. The smallest absolute Gasteiger partial charge is 0.315 e. The Hall–Kier alpha value is -0.770. The molecule has 0 radical (unpaired) electrons. The van der Waals surface area contributed by atoms with Crippen LogP contribution in [-0.2, 0) is 0 Å². The zero-order chi connectivity index (χ0) is 14.3. The van der Waals surface area contributed by atoms with Crippen LogP contribution in [0.2, 0.25) is 0 Å². The van der Waals surface area contributed by atoms with Crippen molar-refractivity contribution in [2.24, 2.45) is 11.8 Å². The van der Waals surface area contributed by atoms with E-state index in [1.165, 1.54) is 32.1 Å². The molecule has 1 aliphatic rings. The maximum Gasteiger partial charge on any atom is 0.315 e. The third kappa shape index (κ3) is 5.81. The van der Waals surface area contributed by atoms with Crippen molar-refractivity contribution in [3.63, 3.8) is 0 Å². The zero-order valence-corrected chi connectivity index (χ0v) is 12.6. The first kappa shape index (κ1) is 16.3. The van der Waals surface area contributed by atoms with E-state index in [2.05, 4.69) is 24.5 Å². The predicted octanol–water partition coefficient (Wildman–Crippen LogP) is 2.66. The number of urea groups is 1. The molecule has 112 valence electrons. The van der Waals surface area contributed by atoms with Gasteiger partial charge < -0.3 is 15.7 Å². The first-order chi connectivity index (χ1) is 9.04. The van der Waals surface area contributed by atoms with Crippen LogP contribution >= 0.6 is 0 Å². The van der Waals surface area contributed by atoms with Gasteiger partial charge in [-0.25, -0.2) is 4.79 Å². The fourth-order valence-corrected chi connectivity index (χ4v) is 2.94. The molecule has 0 aromatic carbocycles. The van der Waals surface area contributed by atoms with Crippen LogP contribution in [0.1, 0.15) is 59.3 Å². The molecule has 1 rings (SSSR count). The molecule has 19 heavy (non-hydrogen) atoms. The second-order valence-corrected chi connectivity index (χ2v) is 6.08. The summed E-state index contributed by atoms with van der Waals surface area (Å²) in [5.41, 5.74) is 0. The summed E-state index contributed by atoms with van der Waals surface area (Å²) in [5.74, 6) is 1.28. The van der Waals surface area contributed by atoms with E-state index >= 15 is 0 Å². The SMILES string of the molecule is CC(NC(=O)N[C@H](C)CCO)C(C)C1CCCCC1. The maximum atomic E-state index is 11.8. The Balaban J connectivity index is 2.31. The third-order valence-corrected chi connectivity index (χ3v) is 4.48. The van der Waals surface area contributed by atoms with Gasteiger partial charge in [0.2, 0.25) is 0 Å². The Morgan fingerprint density at radius 1 is 1.16 bits per heavy atom. The standard InChI is InChI=1S/C15H30N2O2/c1-11(9-10-18)16-15(19)17-13(3)12(2)14-7-5-4-6-8-14/h11-14,18H,4-10H2,1-3H3,(H2,16,17,19)/t11-,12?,13?/m1/s1. The summed E-state index contributed by atoms with van der Waals surface area (Å²) in [5, 5.41) is 14.7. The molecule has 0 aliphatic heterocycles. The largest absolute Gasteiger partial charge is 0.396 e. The van der Waals surface area contributed by atoms with Gasteiger partial charge in [-0.2, -0.15) is 0 Å². The van der Waals surface area contributed by atoms with E-state index < -0.39 is 0 Å². The Kier molecular flexibility index (Phi) is 7.21. The number of aliphatic hydroxyl groups excluding tert-OH is 1. The number of aliphatic hydroxyl groups is 1. The van der Waals surface area contributed by atoms with Gasteiger partial charge in [0.1, 0.15) is 0 Å². The van der Waals surface area contributed by atoms with Crippen LogP contribution in [-0.4, -0.2) is 29.8 Å². The molecule has 0 aromatic heterocycles. The van der Waals surface area contributed by atoms with Crippen molar-refractivity contribution in [2.75, 3.05) is 6.61 Å². The Morgan fingerprint density at radius 2 is 1.79 bits per heavy atom. The van der Waals surface area contributed by atoms with E-state index in [0.717, 1.165) is 5.92 Å². The van der Waals surface area contributed by atoms with Gasteiger partial charge in [-0.15, -0.1) is 0 Å². The quantitative estimate of drug-likeness (QED) is 0.695. The second kappa shape index (κ2) is 8.41. The molecule has 1 saturated carbocycles. The topological polar surface area (TPSA) is 61.4 Å². The lowest BCUT2D eigenvalue weighted by Crippen LogP contribution is -2.47. The van der Waals surface area contributed by atoms with Crippen molar-refractivity contribution in [3.8, 4) is 0 Å². The molecule has 2 unspecified atom stereocenters. The van der Waals surface area contributed by atoms with Crippen molar-refractivity contribution < 1.29 is 9.90 Å².